The second kappa shape index (κ2) is 7.77. The number of rotatable bonds is 5. The number of anilines is 1. The number of carbonyl (C=O) groups is 1. The van der Waals surface area contributed by atoms with Crippen LogP contribution in [0.15, 0.2) is 59.4 Å². The van der Waals surface area contributed by atoms with Gasteiger partial charge in [-0.25, -0.2) is 13.5 Å². The smallest absolute Gasteiger partial charge is 0.267 e. The van der Waals surface area contributed by atoms with E-state index < -0.39 is 29.6 Å². The van der Waals surface area contributed by atoms with Crippen LogP contribution in [-0.4, -0.2) is 22.8 Å². The van der Waals surface area contributed by atoms with Gasteiger partial charge in [-0.2, -0.15) is 5.10 Å². The van der Waals surface area contributed by atoms with Crippen molar-refractivity contribution in [3.63, 3.8) is 0 Å². The van der Waals surface area contributed by atoms with Crippen molar-refractivity contribution in [1.29, 1.82) is 0 Å². The average molecular weight is 371 g/mol. The van der Waals surface area contributed by atoms with E-state index in [0.717, 1.165) is 16.8 Å². The molecular formula is C19H15F2N3O3. The lowest BCUT2D eigenvalue weighted by atomic mass is 10.1. The van der Waals surface area contributed by atoms with Gasteiger partial charge in [0.25, 0.3) is 5.56 Å². The first kappa shape index (κ1) is 18.2. The van der Waals surface area contributed by atoms with Crippen LogP contribution in [-0.2, 0) is 11.3 Å². The summed E-state index contributed by atoms with van der Waals surface area (Å²) in [5.74, 6) is -1.66. The molecule has 1 heterocycles. The van der Waals surface area contributed by atoms with Crippen molar-refractivity contribution < 1.29 is 18.3 Å². The molecule has 0 atom stereocenters. The third-order valence-electron chi connectivity index (χ3n) is 3.67. The predicted octanol–water partition coefficient (Wildman–Crippen LogP) is 2.84. The molecule has 3 rings (SSSR count). The molecular weight excluding hydrogens is 356 g/mol. The van der Waals surface area contributed by atoms with Gasteiger partial charge in [0, 0.05) is 23.4 Å². The summed E-state index contributed by atoms with van der Waals surface area (Å²) in [4.78, 5) is 24.1. The van der Waals surface area contributed by atoms with Crippen molar-refractivity contribution in [1.82, 2.24) is 9.78 Å². The highest BCUT2D eigenvalue weighted by molar-refractivity contribution is 5.90. The molecule has 1 N–H and O–H groups in total. The van der Waals surface area contributed by atoms with Gasteiger partial charge < -0.3 is 10.1 Å². The Morgan fingerprint density at radius 3 is 2.56 bits per heavy atom. The molecule has 0 saturated heterocycles. The summed E-state index contributed by atoms with van der Waals surface area (Å²) in [7, 11) is 1.53. The van der Waals surface area contributed by atoms with Crippen molar-refractivity contribution in [2.45, 2.75) is 6.54 Å². The third-order valence-corrected chi connectivity index (χ3v) is 3.67. The largest absolute Gasteiger partial charge is 0.497 e. The Balaban J connectivity index is 1.82. The van der Waals surface area contributed by atoms with Crippen molar-refractivity contribution in [3.05, 3.63) is 76.6 Å². The molecule has 8 heteroatoms. The standard InChI is InChI=1S/C19H15F2N3O3/c1-27-16-4-2-3-12(7-16)17-5-6-19(26)24(23-17)11-18(25)22-15-9-13(20)8-14(21)10-15/h2-10H,11H2,1H3,(H,22,25). The zero-order chi connectivity index (χ0) is 19.4. The zero-order valence-electron chi connectivity index (χ0n) is 14.3. The Labute approximate surface area is 153 Å². The van der Waals surface area contributed by atoms with Crippen LogP contribution in [0, 0.1) is 11.6 Å². The maximum absolute atomic E-state index is 13.2. The van der Waals surface area contributed by atoms with E-state index in [9.17, 15) is 18.4 Å². The lowest BCUT2D eigenvalue weighted by Crippen LogP contribution is -2.29. The molecule has 138 valence electrons. The van der Waals surface area contributed by atoms with E-state index in [0.29, 0.717) is 23.1 Å². The number of nitrogens with one attached hydrogen (secondary N) is 1. The Bertz CT molecular complexity index is 1030. The number of halogens is 2. The summed E-state index contributed by atoms with van der Waals surface area (Å²) in [5.41, 5.74) is 0.644. The Hall–Kier alpha value is -3.55. The van der Waals surface area contributed by atoms with Crippen molar-refractivity contribution in [3.8, 4) is 17.0 Å². The number of aromatic nitrogens is 2. The van der Waals surface area contributed by atoms with Crippen molar-refractivity contribution >= 4 is 11.6 Å². The molecule has 1 amide bonds. The zero-order valence-corrected chi connectivity index (χ0v) is 14.3. The first-order valence-electron chi connectivity index (χ1n) is 7.93. The molecule has 6 nitrogen and oxygen atoms in total. The van der Waals surface area contributed by atoms with E-state index in [4.69, 9.17) is 4.74 Å². The highest BCUT2D eigenvalue weighted by atomic mass is 19.1. The topological polar surface area (TPSA) is 73.2 Å². The Morgan fingerprint density at radius 1 is 1.11 bits per heavy atom. The molecule has 1 aromatic heterocycles. The lowest BCUT2D eigenvalue weighted by Gasteiger charge is -2.09. The fourth-order valence-corrected chi connectivity index (χ4v) is 2.46. The highest BCUT2D eigenvalue weighted by Crippen LogP contribution is 2.21. The molecule has 0 aliphatic heterocycles. The summed E-state index contributed by atoms with van der Waals surface area (Å²) in [6, 6.07) is 12.5. The van der Waals surface area contributed by atoms with Crippen LogP contribution >= 0.6 is 0 Å². The third kappa shape index (κ3) is 4.55. The van der Waals surface area contributed by atoms with Gasteiger partial charge in [0.1, 0.15) is 23.9 Å². The molecule has 0 radical (unpaired) electrons. The van der Waals surface area contributed by atoms with Crippen LogP contribution < -0.4 is 15.6 Å². The molecule has 0 spiro atoms. The van der Waals surface area contributed by atoms with E-state index in [1.165, 1.54) is 19.2 Å². The number of amides is 1. The normalized spacial score (nSPS) is 10.5. The second-order valence-electron chi connectivity index (χ2n) is 5.65. The van der Waals surface area contributed by atoms with Crippen LogP contribution in [0.25, 0.3) is 11.3 Å². The summed E-state index contributed by atoms with van der Waals surface area (Å²) >= 11 is 0. The number of nitrogens with zero attached hydrogens (tertiary/aromatic N) is 2. The predicted molar refractivity (Wildman–Crippen MR) is 95.5 cm³/mol. The van der Waals surface area contributed by atoms with Gasteiger partial charge in [0.05, 0.1) is 12.8 Å². The Morgan fingerprint density at radius 2 is 1.85 bits per heavy atom. The molecule has 2 aromatic carbocycles. The number of ether oxygens (including phenoxy) is 1. The molecule has 0 saturated carbocycles. The fourth-order valence-electron chi connectivity index (χ4n) is 2.46. The molecule has 0 unspecified atom stereocenters. The summed E-state index contributed by atoms with van der Waals surface area (Å²) in [6.45, 7) is -0.408. The minimum Gasteiger partial charge on any atom is -0.497 e. The summed E-state index contributed by atoms with van der Waals surface area (Å²) < 4.78 is 32.5. The van der Waals surface area contributed by atoms with E-state index in [-0.39, 0.29) is 5.69 Å². The van der Waals surface area contributed by atoms with Crippen molar-refractivity contribution in [2.75, 3.05) is 12.4 Å². The van der Waals surface area contributed by atoms with Gasteiger partial charge in [-0.1, -0.05) is 12.1 Å². The van der Waals surface area contributed by atoms with E-state index in [2.05, 4.69) is 10.4 Å². The minimum absolute atomic E-state index is 0.0468. The molecule has 0 aliphatic carbocycles. The minimum atomic E-state index is -0.819. The van der Waals surface area contributed by atoms with Gasteiger partial charge in [-0.3, -0.25) is 9.59 Å². The summed E-state index contributed by atoms with van der Waals surface area (Å²) in [5, 5.41) is 6.51. The van der Waals surface area contributed by atoms with Crippen LogP contribution in [0.2, 0.25) is 0 Å². The maximum atomic E-state index is 13.2. The quantitative estimate of drug-likeness (QED) is 0.749. The first-order valence-corrected chi connectivity index (χ1v) is 7.93. The van der Waals surface area contributed by atoms with Gasteiger partial charge >= 0.3 is 0 Å². The van der Waals surface area contributed by atoms with Crippen LogP contribution in [0.5, 0.6) is 5.75 Å². The molecule has 3 aromatic rings. The number of hydrogen-bond acceptors (Lipinski definition) is 4. The number of carbonyl (C=O) groups excluding carboxylic acids is 1. The van der Waals surface area contributed by atoms with Crippen LogP contribution in [0.1, 0.15) is 0 Å². The molecule has 0 fully saturated rings. The SMILES string of the molecule is COc1cccc(-c2ccc(=O)n(CC(=O)Nc3cc(F)cc(F)c3)n2)c1. The van der Waals surface area contributed by atoms with Crippen molar-refractivity contribution in [2.24, 2.45) is 0 Å². The van der Waals surface area contributed by atoms with E-state index in [1.54, 1.807) is 24.3 Å². The number of hydrogen-bond donors (Lipinski definition) is 1. The van der Waals surface area contributed by atoms with Gasteiger partial charge in [-0.05, 0) is 30.3 Å². The average Bonchev–Trinajstić information content (AvgIpc) is 2.62. The second-order valence-corrected chi connectivity index (χ2v) is 5.65. The molecule has 0 aliphatic rings. The number of methoxy groups -OCH3 is 1. The molecule has 27 heavy (non-hydrogen) atoms. The van der Waals surface area contributed by atoms with E-state index in [1.807, 2.05) is 0 Å². The number of benzene rings is 2. The summed E-state index contributed by atoms with van der Waals surface area (Å²) in [6.07, 6.45) is 0. The fraction of sp³-hybridized carbons (Fsp3) is 0.105. The van der Waals surface area contributed by atoms with Crippen LogP contribution in [0.4, 0.5) is 14.5 Å². The van der Waals surface area contributed by atoms with Gasteiger partial charge in [0.2, 0.25) is 5.91 Å². The highest BCUT2D eigenvalue weighted by Gasteiger charge is 2.10. The first-order chi connectivity index (χ1) is 12.9. The Kier molecular flexibility index (Phi) is 5.25. The lowest BCUT2D eigenvalue weighted by molar-refractivity contribution is -0.117. The monoisotopic (exact) mass is 371 g/mol. The van der Waals surface area contributed by atoms with Gasteiger partial charge in [0.15, 0.2) is 0 Å². The maximum Gasteiger partial charge on any atom is 0.267 e. The van der Waals surface area contributed by atoms with Gasteiger partial charge in [-0.15, -0.1) is 0 Å². The van der Waals surface area contributed by atoms with Crippen LogP contribution in [0.3, 0.4) is 0 Å². The van der Waals surface area contributed by atoms with E-state index >= 15 is 0 Å². The molecule has 0 bridgehead atoms.